The standard InChI is InChI=1S/C21H24N2O2/c1-3-23(21(24)18-11-14(18)2)20(17-5-4-9-22-13-17)16-6-7-19-15(12-16)8-10-25-19/h4-7,9,12-14,18,20H,3,8,10-11H2,1-2H3/t14-,18-,20-/m1/s1. The Balaban J connectivity index is 1.75. The zero-order valence-corrected chi connectivity index (χ0v) is 14.8. The van der Waals surface area contributed by atoms with Crippen molar-refractivity contribution in [3.05, 3.63) is 59.4 Å². The molecule has 1 aliphatic carbocycles. The zero-order valence-electron chi connectivity index (χ0n) is 14.8. The lowest BCUT2D eigenvalue weighted by Gasteiger charge is -2.32. The summed E-state index contributed by atoms with van der Waals surface area (Å²) in [5.41, 5.74) is 3.43. The van der Waals surface area contributed by atoms with Gasteiger partial charge in [-0.25, -0.2) is 0 Å². The van der Waals surface area contributed by atoms with E-state index in [1.807, 2.05) is 23.2 Å². The summed E-state index contributed by atoms with van der Waals surface area (Å²) in [4.78, 5) is 19.4. The molecule has 4 heteroatoms. The summed E-state index contributed by atoms with van der Waals surface area (Å²) in [7, 11) is 0. The van der Waals surface area contributed by atoms with Gasteiger partial charge in [-0.2, -0.15) is 0 Å². The maximum Gasteiger partial charge on any atom is 0.226 e. The third-order valence-electron chi connectivity index (χ3n) is 5.39. The summed E-state index contributed by atoms with van der Waals surface area (Å²) in [5, 5.41) is 0. The summed E-state index contributed by atoms with van der Waals surface area (Å²) in [6.07, 6.45) is 5.59. The number of fused-ring (bicyclic) bond motifs is 1. The molecule has 0 saturated heterocycles. The quantitative estimate of drug-likeness (QED) is 0.838. The van der Waals surface area contributed by atoms with Crippen molar-refractivity contribution >= 4 is 5.91 Å². The van der Waals surface area contributed by atoms with Gasteiger partial charge < -0.3 is 9.64 Å². The molecule has 130 valence electrons. The van der Waals surface area contributed by atoms with Crippen molar-refractivity contribution in [1.82, 2.24) is 9.88 Å². The largest absolute Gasteiger partial charge is 0.493 e. The molecule has 0 N–H and O–H groups in total. The highest BCUT2D eigenvalue weighted by Crippen LogP contribution is 2.42. The molecule has 0 spiro atoms. The van der Waals surface area contributed by atoms with Gasteiger partial charge in [0.15, 0.2) is 0 Å². The van der Waals surface area contributed by atoms with E-state index in [1.54, 1.807) is 6.20 Å². The Hall–Kier alpha value is -2.36. The van der Waals surface area contributed by atoms with E-state index >= 15 is 0 Å². The maximum atomic E-state index is 13.0. The van der Waals surface area contributed by atoms with Crippen LogP contribution in [-0.4, -0.2) is 28.9 Å². The number of carbonyl (C=O) groups is 1. The van der Waals surface area contributed by atoms with Crippen molar-refractivity contribution in [1.29, 1.82) is 0 Å². The van der Waals surface area contributed by atoms with E-state index in [0.29, 0.717) is 12.5 Å². The number of carbonyl (C=O) groups excluding carboxylic acids is 1. The van der Waals surface area contributed by atoms with Crippen LogP contribution in [0.2, 0.25) is 0 Å². The van der Waals surface area contributed by atoms with Gasteiger partial charge in [-0.3, -0.25) is 9.78 Å². The van der Waals surface area contributed by atoms with Crippen LogP contribution in [-0.2, 0) is 11.2 Å². The number of hydrogen-bond acceptors (Lipinski definition) is 3. The molecule has 4 rings (SSSR count). The van der Waals surface area contributed by atoms with Gasteiger partial charge in [0.2, 0.25) is 5.91 Å². The van der Waals surface area contributed by atoms with Gasteiger partial charge in [0, 0.05) is 31.3 Å². The fourth-order valence-electron chi connectivity index (χ4n) is 3.81. The summed E-state index contributed by atoms with van der Waals surface area (Å²) in [6.45, 7) is 5.65. The smallest absolute Gasteiger partial charge is 0.226 e. The number of amides is 1. The van der Waals surface area contributed by atoms with E-state index in [0.717, 1.165) is 36.3 Å². The second-order valence-electron chi connectivity index (χ2n) is 7.10. The van der Waals surface area contributed by atoms with E-state index in [9.17, 15) is 4.79 Å². The monoisotopic (exact) mass is 336 g/mol. The number of nitrogens with zero attached hydrogens (tertiary/aromatic N) is 2. The minimum absolute atomic E-state index is 0.0927. The van der Waals surface area contributed by atoms with E-state index in [-0.39, 0.29) is 17.9 Å². The lowest BCUT2D eigenvalue weighted by molar-refractivity contribution is -0.134. The Bertz CT molecular complexity index is 775. The normalized spacial score (nSPS) is 22.0. The Morgan fingerprint density at radius 1 is 1.36 bits per heavy atom. The molecule has 1 amide bonds. The van der Waals surface area contributed by atoms with Crippen LogP contribution >= 0.6 is 0 Å². The van der Waals surface area contributed by atoms with Crippen LogP contribution in [0.1, 0.15) is 43.0 Å². The first-order valence-corrected chi connectivity index (χ1v) is 9.15. The van der Waals surface area contributed by atoms with Crippen LogP contribution in [0.15, 0.2) is 42.7 Å². The van der Waals surface area contributed by atoms with E-state index < -0.39 is 0 Å². The van der Waals surface area contributed by atoms with Crippen molar-refractivity contribution in [2.75, 3.05) is 13.2 Å². The second kappa shape index (κ2) is 6.51. The Morgan fingerprint density at radius 3 is 2.88 bits per heavy atom. The second-order valence-corrected chi connectivity index (χ2v) is 7.10. The minimum atomic E-state index is -0.0927. The lowest BCUT2D eigenvalue weighted by atomic mass is 9.95. The SMILES string of the molecule is CCN(C(=O)[C@@H]1C[C@H]1C)[C@@H](c1cccnc1)c1ccc2c(c1)CCO2. The first-order chi connectivity index (χ1) is 12.2. The molecule has 2 aromatic rings. The fourth-order valence-corrected chi connectivity index (χ4v) is 3.81. The number of aromatic nitrogens is 1. The van der Waals surface area contributed by atoms with Crippen molar-refractivity contribution < 1.29 is 9.53 Å². The average Bonchev–Trinajstić information content (AvgIpc) is 3.19. The van der Waals surface area contributed by atoms with E-state index in [1.165, 1.54) is 5.56 Å². The predicted octanol–water partition coefficient (Wildman–Crippen LogP) is 3.61. The van der Waals surface area contributed by atoms with Crippen molar-refractivity contribution in [2.45, 2.75) is 32.7 Å². The number of pyridine rings is 1. The van der Waals surface area contributed by atoms with Gasteiger partial charge >= 0.3 is 0 Å². The van der Waals surface area contributed by atoms with Gasteiger partial charge in [-0.05, 0) is 54.2 Å². The molecule has 1 saturated carbocycles. The van der Waals surface area contributed by atoms with Gasteiger partial charge in [0.25, 0.3) is 0 Å². The Labute approximate surface area is 148 Å². The summed E-state index contributed by atoms with van der Waals surface area (Å²) < 4.78 is 5.64. The number of hydrogen-bond donors (Lipinski definition) is 0. The fraction of sp³-hybridized carbons (Fsp3) is 0.429. The third kappa shape index (κ3) is 3.01. The number of rotatable bonds is 5. The van der Waals surface area contributed by atoms with Crippen LogP contribution in [0.4, 0.5) is 0 Å². The van der Waals surface area contributed by atoms with Crippen LogP contribution < -0.4 is 4.74 Å². The molecule has 25 heavy (non-hydrogen) atoms. The number of benzene rings is 1. The van der Waals surface area contributed by atoms with Crippen molar-refractivity contribution in [3.63, 3.8) is 0 Å². The highest BCUT2D eigenvalue weighted by molar-refractivity contribution is 5.82. The van der Waals surface area contributed by atoms with Gasteiger partial charge in [-0.15, -0.1) is 0 Å². The predicted molar refractivity (Wildman–Crippen MR) is 96.4 cm³/mol. The highest BCUT2D eigenvalue weighted by atomic mass is 16.5. The first kappa shape index (κ1) is 16.1. The lowest BCUT2D eigenvalue weighted by Crippen LogP contribution is -2.37. The molecule has 0 bridgehead atoms. The molecule has 1 aromatic heterocycles. The number of ether oxygens (including phenoxy) is 1. The van der Waals surface area contributed by atoms with Crippen LogP contribution in [0.25, 0.3) is 0 Å². The van der Waals surface area contributed by atoms with Gasteiger partial charge in [0.1, 0.15) is 5.75 Å². The first-order valence-electron chi connectivity index (χ1n) is 9.15. The molecule has 1 aromatic carbocycles. The zero-order chi connectivity index (χ0) is 17.4. The molecular weight excluding hydrogens is 312 g/mol. The third-order valence-corrected chi connectivity index (χ3v) is 5.39. The topological polar surface area (TPSA) is 42.4 Å². The minimum Gasteiger partial charge on any atom is -0.493 e. The van der Waals surface area contributed by atoms with Crippen LogP contribution in [0, 0.1) is 11.8 Å². The molecule has 1 fully saturated rings. The Morgan fingerprint density at radius 2 is 2.20 bits per heavy atom. The van der Waals surface area contributed by atoms with Gasteiger partial charge in [-0.1, -0.05) is 19.1 Å². The molecule has 4 nitrogen and oxygen atoms in total. The van der Waals surface area contributed by atoms with Crippen LogP contribution in [0.3, 0.4) is 0 Å². The van der Waals surface area contributed by atoms with E-state index in [2.05, 4.69) is 37.0 Å². The molecule has 1 aliphatic heterocycles. The average molecular weight is 336 g/mol. The van der Waals surface area contributed by atoms with Crippen LogP contribution in [0.5, 0.6) is 5.75 Å². The van der Waals surface area contributed by atoms with E-state index in [4.69, 9.17) is 4.74 Å². The Kier molecular flexibility index (Phi) is 4.20. The molecule has 3 atom stereocenters. The summed E-state index contributed by atoms with van der Waals surface area (Å²) >= 11 is 0. The highest BCUT2D eigenvalue weighted by Gasteiger charge is 2.43. The molecule has 2 heterocycles. The summed E-state index contributed by atoms with van der Waals surface area (Å²) in [6, 6.07) is 10.2. The van der Waals surface area contributed by atoms with Gasteiger partial charge in [0.05, 0.1) is 12.6 Å². The molecule has 0 radical (unpaired) electrons. The summed E-state index contributed by atoms with van der Waals surface area (Å²) in [5.74, 6) is 1.92. The van der Waals surface area contributed by atoms with Crippen molar-refractivity contribution in [3.8, 4) is 5.75 Å². The molecular formula is C21H24N2O2. The molecule has 0 unspecified atom stereocenters. The van der Waals surface area contributed by atoms with Crippen molar-refractivity contribution in [2.24, 2.45) is 11.8 Å². The maximum absolute atomic E-state index is 13.0. The molecule has 2 aliphatic rings.